The van der Waals surface area contributed by atoms with Crippen molar-refractivity contribution in [3.8, 4) is 11.6 Å². The third kappa shape index (κ3) is 3.69. The number of benzene rings is 1. The van der Waals surface area contributed by atoms with Crippen LogP contribution in [0.5, 0.6) is 0 Å². The maximum absolute atomic E-state index is 14.0. The first kappa shape index (κ1) is 20.8. The van der Waals surface area contributed by atoms with Gasteiger partial charge in [-0.15, -0.1) is 5.10 Å². The molecule has 0 saturated carbocycles. The molecule has 158 valence electrons. The molecule has 1 aliphatic heterocycles. The van der Waals surface area contributed by atoms with Gasteiger partial charge in [0.2, 0.25) is 0 Å². The molecule has 0 N–H and O–H groups in total. The predicted molar refractivity (Wildman–Crippen MR) is 101 cm³/mol. The Labute approximate surface area is 177 Å². The van der Waals surface area contributed by atoms with E-state index in [1.807, 2.05) is 4.90 Å². The molecule has 0 radical (unpaired) electrons. The fourth-order valence-corrected chi connectivity index (χ4v) is 4.09. The van der Waals surface area contributed by atoms with Crippen molar-refractivity contribution < 1.29 is 22.1 Å². The molecule has 6 nitrogen and oxygen atoms in total. The van der Waals surface area contributed by atoms with E-state index in [0.717, 1.165) is 6.42 Å². The summed E-state index contributed by atoms with van der Waals surface area (Å²) in [6, 6.07) is 3.69. The average molecular weight is 462 g/mol. The van der Waals surface area contributed by atoms with Crippen molar-refractivity contribution in [2.75, 3.05) is 11.4 Å². The Balaban J connectivity index is 1.75. The molecule has 1 aromatic carbocycles. The second-order valence-corrected chi connectivity index (χ2v) is 7.50. The Morgan fingerprint density at radius 1 is 1.20 bits per heavy atom. The van der Waals surface area contributed by atoms with E-state index in [-0.39, 0.29) is 10.7 Å². The number of halogens is 6. The molecule has 0 fully saturated rings. The summed E-state index contributed by atoms with van der Waals surface area (Å²) in [6.07, 6.45) is -3.38. The Morgan fingerprint density at radius 2 is 1.97 bits per heavy atom. The van der Waals surface area contributed by atoms with E-state index in [2.05, 4.69) is 20.3 Å². The predicted octanol–water partition coefficient (Wildman–Crippen LogP) is 5.51. The molecular formula is C18H13Cl2F4N5O. The Morgan fingerprint density at radius 3 is 2.67 bits per heavy atom. The lowest BCUT2D eigenvalue weighted by Gasteiger charge is -2.36. The van der Waals surface area contributed by atoms with E-state index in [1.165, 1.54) is 18.2 Å². The molecule has 0 unspecified atom stereocenters. The van der Waals surface area contributed by atoms with Gasteiger partial charge in [0.05, 0.1) is 22.4 Å². The van der Waals surface area contributed by atoms with Gasteiger partial charge >= 0.3 is 6.18 Å². The van der Waals surface area contributed by atoms with Crippen molar-refractivity contribution in [1.82, 2.24) is 20.3 Å². The number of anilines is 1. The molecule has 1 aliphatic rings. The fraction of sp³-hybridized carbons (Fsp3) is 0.333. The van der Waals surface area contributed by atoms with Crippen LogP contribution in [0.2, 0.25) is 10.0 Å². The number of fused-ring (bicyclic) bond motifs is 1. The number of alkyl halides is 3. The van der Waals surface area contributed by atoms with Crippen molar-refractivity contribution >= 4 is 28.9 Å². The van der Waals surface area contributed by atoms with Crippen molar-refractivity contribution in [3.63, 3.8) is 0 Å². The minimum atomic E-state index is -4.74. The summed E-state index contributed by atoms with van der Waals surface area (Å²) < 4.78 is 57.0. The molecule has 4 rings (SSSR count). The zero-order valence-electron chi connectivity index (χ0n) is 15.3. The Bertz CT molecular complexity index is 1100. The lowest BCUT2D eigenvalue weighted by molar-refractivity contribution is -0.146. The second kappa shape index (κ2) is 7.66. The standard InChI is InChI=1S/C18H13Cl2F4N5O/c1-8(14-9(19)4-5-10(21)15(14)20)29-6-2-3-11-13(29)7-12(27-26-11)16-25-17(28-30-16)18(22,23)24/h4-5,7-8H,2-3,6H2,1H3/t8-/m1/s1. The molecule has 0 amide bonds. The highest BCUT2D eigenvalue weighted by Crippen LogP contribution is 2.40. The summed E-state index contributed by atoms with van der Waals surface area (Å²) in [5, 5.41) is 11.2. The molecule has 0 saturated heterocycles. The molecule has 3 heterocycles. The third-order valence-electron chi connectivity index (χ3n) is 4.83. The van der Waals surface area contributed by atoms with Crippen LogP contribution in [0.3, 0.4) is 0 Å². The van der Waals surface area contributed by atoms with Gasteiger partial charge in [0.25, 0.3) is 11.7 Å². The van der Waals surface area contributed by atoms with Gasteiger partial charge in [-0.2, -0.15) is 23.3 Å². The minimum Gasteiger partial charge on any atom is -0.363 e. The molecule has 0 aliphatic carbocycles. The molecule has 30 heavy (non-hydrogen) atoms. The van der Waals surface area contributed by atoms with E-state index in [9.17, 15) is 17.6 Å². The summed E-state index contributed by atoms with van der Waals surface area (Å²) in [7, 11) is 0. The average Bonchev–Trinajstić information content (AvgIpc) is 3.21. The number of hydrogen-bond acceptors (Lipinski definition) is 6. The number of aromatic nitrogens is 4. The van der Waals surface area contributed by atoms with Gasteiger partial charge in [-0.05, 0) is 38.0 Å². The zero-order chi connectivity index (χ0) is 21.6. The van der Waals surface area contributed by atoms with Gasteiger partial charge in [0.15, 0.2) is 5.69 Å². The van der Waals surface area contributed by atoms with Crippen LogP contribution < -0.4 is 4.90 Å². The van der Waals surface area contributed by atoms with E-state index in [4.69, 9.17) is 27.7 Å². The van der Waals surface area contributed by atoms with E-state index in [1.54, 1.807) is 6.92 Å². The lowest BCUT2D eigenvalue weighted by atomic mass is 10.0. The third-order valence-corrected chi connectivity index (χ3v) is 5.55. The van der Waals surface area contributed by atoms with E-state index >= 15 is 0 Å². The van der Waals surface area contributed by atoms with Gasteiger partial charge < -0.3 is 9.42 Å². The number of rotatable bonds is 3. The maximum Gasteiger partial charge on any atom is 0.455 e. The van der Waals surface area contributed by atoms with Crippen LogP contribution in [-0.4, -0.2) is 26.9 Å². The molecule has 2 aromatic heterocycles. The molecule has 0 bridgehead atoms. The molecule has 0 spiro atoms. The first-order valence-electron chi connectivity index (χ1n) is 8.84. The monoisotopic (exact) mass is 461 g/mol. The quantitative estimate of drug-likeness (QED) is 0.378. The first-order valence-corrected chi connectivity index (χ1v) is 9.60. The van der Waals surface area contributed by atoms with Crippen LogP contribution >= 0.6 is 23.2 Å². The number of nitrogens with zero attached hydrogens (tertiary/aromatic N) is 5. The van der Waals surface area contributed by atoms with Crippen LogP contribution in [-0.2, 0) is 12.6 Å². The summed E-state index contributed by atoms with van der Waals surface area (Å²) in [4.78, 5) is 5.25. The SMILES string of the molecule is C[C@H](c1c(Cl)ccc(F)c1Cl)N1CCCc2nnc(-c3nc(C(F)(F)F)no3)cc21. The van der Waals surface area contributed by atoms with Crippen molar-refractivity contribution in [1.29, 1.82) is 0 Å². The Kier molecular flexibility index (Phi) is 5.31. The molecule has 3 aromatic rings. The zero-order valence-corrected chi connectivity index (χ0v) is 16.9. The highest BCUT2D eigenvalue weighted by Gasteiger charge is 2.38. The fourth-order valence-electron chi connectivity index (χ4n) is 3.40. The molecule has 1 atom stereocenters. The highest BCUT2D eigenvalue weighted by atomic mass is 35.5. The summed E-state index contributed by atoms with van der Waals surface area (Å²) in [5.74, 6) is -2.41. The van der Waals surface area contributed by atoms with E-state index in [0.29, 0.717) is 34.9 Å². The van der Waals surface area contributed by atoms with Crippen LogP contribution in [0.4, 0.5) is 23.2 Å². The second-order valence-electron chi connectivity index (χ2n) is 6.71. The topological polar surface area (TPSA) is 67.9 Å². The summed E-state index contributed by atoms with van der Waals surface area (Å²) in [5.41, 5.74) is 1.63. The Hall–Kier alpha value is -2.46. The summed E-state index contributed by atoms with van der Waals surface area (Å²) >= 11 is 12.4. The smallest absolute Gasteiger partial charge is 0.363 e. The highest BCUT2D eigenvalue weighted by molar-refractivity contribution is 6.36. The minimum absolute atomic E-state index is 0.00714. The van der Waals surface area contributed by atoms with Crippen molar-refractivity contribution in [2.45, 2.75) is 32.0 Å². The van der Waals surface area contributed by atoms with Crippen LogP contribution in [0.15, 0.2) is 22.7 Å². The van der Waals surface area contributed by atoms with Gasteiger partial charge in [-0.25, -0.2) is 4.39 Å². The van der Waals surface area contributed by atoms with Crippen LogP contribution in [0.1, 0.15) is 36.5 Å². The van der Waals surface area contributed by atoms with E-state index < -0.39 is 29.8 Å². The van der Waals surface area contributed by atoms with Crippen LogP contribution in [0, 0.1) is 5.82 Å². The van der Waals surface area contributed by atoms with Gasteiger partial charge in [-0.3, -0.25) is 0 Å². The van der Waals surface area contributed by atoms with Crippen molar-refractivity contribution in [2.24, 2.45) is 0 Å². The lowest BCUT2D eigenvalue weighted by Crippen LogP contribution is -2.33. The van der Waals surface area contributed by atoms with Gasteiger partial charge in [-0.1, -0.05) is 28.4 Å². The van der Waals surface area contributed by atoms with Gasteiger partial charge in [0.1, 0.15) is 5.82 Å². The molecule has 12 heteroatoms. The largest absolute Gasteiger partial charge is 0.455 e. The van der Waals surface area contributed by atoms with Crippen molar-refractivity contribution in [3.05, 3.63) is 51.1 Å². The normalized spacial score (nSPS) is 15.2. The first-order chi connectivity index (χ1) is 14.2. The molecular weight excluding hydrogens is 449 g/mol. The number of hydrogen-bond donors (Lipinski definition) is 0. The van der Waals surface area contributed by atoms with Crippen LogP contribution in [0.25, 0.3) is 11.6 Å². The maximum atomic E-state index is 14.0. The summed E-state index contributed by atoms with van der Waals surface area (Å²) in [6.45, 7) is 2.37. The number of aryl methyl sites for hydroxylation is 1. The van der Waals surface area contributed by atoms with Gasteiger partial charge in [0, 0.05) is 17.1 Å².